The number of H-pyrrole nitrogens is 1. The van der Waals surface area contributed by atoms with Crippen LogP contribution in [0.3, 0.4) is 0 Å². The molecule has 0 fully saturated rings. The van der Waals surface area contributed by atoms with Crippen molar-refractivity contribution >= 4 is 29.6 Å². The van der Waals surface area contributed by atoms with Crippen LogP contribution >= 0.6 is 0 Å². The lowest BCUT2D eigenvalue weighted by Crippen LogP contribution is -2.59. The van der Waals surface area contributed by atoms with Gasteiger partial charge in [-0.3, -0.25) is 19.2 Å². The van der Waals surface area contributed by atoms with Gasteiger partial charge < -0.3 is 42.6 Å². The Balaban J connectivity index is 2.99. The van der Waals surface area contributed by atoms with Gasteiger partial charge in [-0.1, -0.05) is 13.8 Å². The summed E-state index contributed by atoms with van der Waals surface area (Å²) in [5, 5.41) is 26.0. The Morgan fingerprint density at radius 3 is 2.03 bits per heavy atom. The van der Waals surface area contributed by atoms with Gasteiger partial charge in [-0.05, 0) is 19.3 Å². The number of imidazole rings is 1. The zero-order chi connectivity index (χ0) is 26.0. The molecule has 14 nitrogen and oxygen atoms in total. The van der Waals surface area contributed by atoms with E-state index in [1.165, 1.54) is 19.4 Å². The maximum absolute atomic E-state index is 12.9. The Bertz CT molecular complexity index is 857. The standard InChI is InChI=1S/C20H33N7O7/c1-9(2)4-12(26-19(32)16(22)10(3)28)17(30)25-13(6-15(21)29)18(31)27-14(20(33)34)5-11-7-23-8-24-11/h7-10,12-14,16,28H,4-6,22H2,1-3H3,(H2,21,29)(H,23,24)(H,25,30)(H,26,32)(H,27,31)(H,33,34). The summed E-state index contributed by atoms with van der Waals surface area (Å²) in [6, 6.07) is -5.30. The number of primary amides is 1. The number of rotatable bonds is 14. The first-order chi connectivity index (χ1) is 15.8. The molecule has 5 unspecified atom stereocenters. The molecule has 0 spiro atoms. The van der Waals surface area contributed by atoms with Gasteiger partial charge in [-0.15, -0.1) is 0 Å². The fraction of sp³-hybridized carbons (Fsp3) is 0.600. The molecule has 5 atom stereocenters. The molecule has 10 N–H and O–H groups in total. The molecule has 1 aromatic rings. The molecule has 34 heavy (non-hydrogen) atoms. The maximum Gasteiger partial charge on any atom is 0.326 e. The monoisotopic (exact) mass is 483 g/mol. The predicted octanol–water partition coefficient (Wildman–Crippen LogP) is -2.88. The number of nitrogens with zero attached hydrogens (tertiary/aromatic N) is 1. The second-order valence-corrected chi connectivity index (χ2v) is 8.37. The predicted molar refractivity (Wildman–Crippen MR) is 119 cm³/mol. The van der Waals surface area contributed by atoms with Gasteiger partial charge in [0.2, 0.25) is 23.6 Å². The summed E-state index contributed by atoms with van der Waals surface area (Å²) in [5.41, 5.74) is 11.3. The molecule has 190 valence electrons. The minimum Gasteiger partial charge on any atom is -0.480 e. The lowest BCUT2D eigenvalue weighted by Gasteiger charge is -2.26. The van der Waals surface area contributed by atoms with Crippen molar-refractivity contribution in [2.24, 2.45) is 17.4 Å². The van der Waals surface area contributed by atoms with Gasteiger partial charge in [0.15, 0.2) is 0 Å². The van der Waals surface area contributed by atoms with Crippen molar-refractivity contribution in [1.29, 1.82) is 0 Å². The third kappa shape index (κ3) is 9.54. The van der Waals surface area contributed by atoms with Crippen LogP contribution in [0.2, 0.25) is 0 Å². The summed E-state index contributed by atoms with van der Waals surface area (Å²) in [6.45, 7) is 4.90. The van der Waals surface area contributed by atoms with Crippen molar-refractivity contribution in [2.45, 2.75) is 70.3 Å². The number of carboxylic acid groups (broad SMARTS) is 1. The van der Waals surface area contributed by atoms with Gasteiger partial charge in [-0.2, -0.15) is 0 Å². The van der Waals surface area contributed by atoms with E-state index < -0.39 is 66.3 Å². The third-order valence-corrected chi connectivity index (χ3v) is 4.79. The van der Waals surface area contributed by atoms with E-state index in [1.807, 2.05) is 0 Å². The van der Waals surface area contributed by atoms with Crippen LogP contribution in [0.15, 0.2) is 12.5 Å². The van der Waals surface area contributed by atoms with Gasteiger partial charge in [0.05, 0.1) is 18.9 Å². The molecule has 0 aliphatic rings. The molecular weight excluding hydrogens is 450 g/mol. The molecule has 1 aromatic heterocycles. The van der Waals surface area contributed by atoms with Gasteiger partial charge in [-0.25, -0.2) is 9.78 Å². The lowest BCUT2D eigenvalue weighted by molar-refractivity contribution is -0.142. The van der Waals surface area contributed by atoms with E-state index in [2.05, 4.69) is 25.9 Å². The molecule has 1 rings (SSSR count). The molecule has 1 heterocycles. The smallest absolute Gasteiger partial charge is 0.326 e. The highest BCUT2D eigenvalue weighted by molar-refractivity contribution is 5.96. The van der Waals surface area contributed by atoms with E-state index in [1.54, 1.807) is 13.8 Å². The number of carbonyl (C=O) groups excluding carboxylic acids is 4. The van der Waals surface area contributed by atoms with Crippen LogP contribution in [0, 0.1) is 5.92 Å². The van der Waals surface area contributed by atoms with E-state index in [-0.39, 0.29) is 18.8 Å². The maximum atomic E-state index is 12.9. The van der Waals surface area contributed by atoms with Gasteiger partial charge >= 0.3 is 5.97 Å². The van der Waals surface area contributed by atoms with Crippen LogP contribution in [0.1, 0.15) is 39.3 Å². The number of nitrogens with two attached hydrogens (primary N) is 2. The molecule has 0 saturated carbocycles. The van der Waals surface area contributed by atoms with Gasteiger partial charge in [0, 0.05) is 18.3 Å². The molecule has 0 aliphatic heterocycles. The Kier molecular flexibility index (Phi) is 11.1. The third-order valence-electron chi connectivity index (χ3n) is 4.79. The summed E-state index contributed by atoms with van der Waals surface area (Å²) in [6.07, 6.45) is 0.997. The molecule has 0 radical (unpaired) electrons. The normalized spacial score (nSPS) is 15.5. The Hall–Kier alpha value is -3.52. The minimum atomic E-state index is -1.49. The van der Waals surface area contributed by atoms with Crippen molar-refractivity contribution in [3.63, 3.8) is 0 Å². The van der Waals surface area contributed by atoms with Crippen LogP contribution < -0.4 is 27.4 Å². The Morgan fingerprint density at radius 1 is 1.00 bits per heavy atom. The van der Waals surface area contributed by atoms with E-state index >= 15 is 0 Å². The Labute approximate surface area is 196 Å². The fourth-order valence-electron chi connectivity index (χ4n) is 2.96. The van der Waals surface area contributed by atoms with E-state index in [4.69, 9.17) is 11.5 Å². The molecule has 4 amide bonds. The number of aliphatic hydroxyl groups excluding tert-OH is 1. The van der Waals surface area contributed by atoms with Crippen LogP contribution in [0.4, 0.5) is 0 Å². The zero-order valence-corrected chi connectivity index (χ0v) is 19.3. The number of aromatic nitrogens is 2. The summed E-state index contributed by atoms with van der Waals surface area (Å²) >= 11 is 0. The van der Waals surface area contributed by atoms with E-state index in [9.17, 15) is 34.2 Å². The second-order valence-electron chi connectivity index (χ2n) is 8.37. The molecule has 0 aromatic carbocycles. The lowest BCUT2D eigenvalue weighted by atomic mass is 10.0. The van der Waals surface area contributed by atoms with E-state index in [0.29, 0.717) is 5.69 Å². The number of amides is 4. The number of carbonyl (C=O) groups is 5. The van der Waals surface area contributed by atoms with Crippen molar-refractivity contribution in [1.82, 2.24) is 25.9 Å². The van der Waals surface area contributed by atoms with Crippen LogP contribution in [-0.2, 0) is 30.4 Å². The number of aliphatic carboxylic acids is 1. The topological polar surface area (TPSA) is 243 Å². The zero-order valence-electron chi connectivity index (χ0n) is 19.3. The highest BCUT2D eigenvalue weighted by Crippen LogP contribution is 2.08. The van der Waals surface area contributed by atoms with Crippen molar-refractivity contribution in [2.75, 3.05) is 0 Å². The summed E-state index contributed by atoms with van der Waals surface area (Å²) in [5.74, 6) is -4.85. The van der Waals surface area contributed by atoms with Crippen LogP contribution in [0.5, 0.6) is 0 Å². The molecule has 0 aliphatic carbocycles. The van der Waals surface area contributed by atoms with Gasteiger partial charge in [0.1, 0.15) is 24.2 Å². The first kappa shape index (κ1) is 28.5. The summed E-state index contributed by atoms with van der Waals surface area (Å²) in [7, 11) is 0. The second kappa shape index (κ2) is 13.3. The first-order valence-electron chi connectivity index (χ1n) is 10.6. The van der Waals surface area contributed by atoms with Crippen molar-refractivity contribution in [3.8, 4) is 0 Å². The average Bonchev–Trinajstić information content (AvgIpc) is 3.23. The first-order valence-corrected chi connectivity index (χ1v) is 10.6. The highest BCUT2D eigenvalue weighted by atomic mass is 16.4. The van der Waals surface area contributed by atoms with E-state index in [0.717, 1.165) is 0 Å². The number of aromatic amines is 1. The quantitative estimate of drug-likeness (QED) is 0.135. The number of aliphatic hydroxyl groups is 1. The van der Waals surface area contributed by atoms with Crippen LogP contribution in [-0.4, -0.2) is 80.1 Å². The van der Waals surface area contributed by atoms with Crippen LogP contribution in [0.25, 0.3) is 0 Å². The van der Waals surface area contributed by atoms with Crippen molar-refractivity contribution < 1.29 is 34.2 Å². The molecular formula is C20H33N7O7. The molecule has 14 heteroatoms. The van der Waals surface area contributed by atoms with Gasteiger partial charge in [0.25, 0.3) is 0 Å². The largest absolute Gasteiger partial charge is 0.480 e. The molecule has 0 saturated heterocycles. The van der Waals surface area contributed by atoms with Crippen molar-refractivity contribution in [3.05, 3.63) is 18.2 Å². The SMILES string of the molecule is CC(C)CC(NC(=O)C(N)C(C)O)C(=O)NC(CC(N)=O)C(=O)NC(Cc1cnc[nH]1)C(=O)O. The molecule has 0 bridgehead atoms. The number of carboxylic acids is 1. The summed E-state index contributed by atoms with van der Waals surface area (Å²) in [4.78, 5) is 67.5. The minimum absolute atomic E-state index is 0.0620. The number of hydrogen-bond acceptors (Lipinski definition) is 8. The summed E-state index contributed by atoms with van der Waals surface area (Å²) < 4.78 is 0. The number of nitrogens with one attached hydrogen (secondary N) is 4. The Morgan fingerprint density at radius 2 is 1.56 bits per heavy atom. The highest BCUT2D eigenvalue weighted by Gasteiger charge is 2.32. The average molecular weight is 484 g/mol. The number of hydrogen-bond donors (Lipinski definition) is 8. The fourth-order valence-corrected chi connectivity index (χ4v) is 2.96.